The van der Waals surface area contributed by atoms with Gasteiger partial charge in [0.15, 0.2) is 17.4 Å². The van der Waals surface area contributed by atoms with E-state index in [0.717, 1.165) is 0 Å². The molecule has 0 fully saturated rings. The highest BCUT2D eigenvalue weighted by atomic mass is 19.1. The standard InChI is InChI=1S/C13H17F2NO/c1-3-4-5-17-13-11(14)7-10(6-9(2)16)8-12(13)15/h3-4,7-9H,5-6,16H2,1-2H3. The highest BCUT2D eigenvalue weighted by Gasteiger charge is 2.12. The molecular weight excluding hydrogens is 224 g/mol. The highest BCUT2D eigenvalue weighted by molar-refractivity contribution is 5.31. The minimum atomic E-state index is -0.690. The van der Waals surface area contributed by atoms with Gasteiger partial charge in [-0.1, -0.05) is 12.2 Å². The zero-order valence-electron chi connectivity index (χ0n) is 10.0. The molecule has 0 aliphatic heterocycles. The molecule has 0 aromatic heterocycles. The van der Waals surface area contributed by atoms with E-state index < -0.39 is 11.6 Å². The number of nitrogens with two attached hydrogens (primary N) is 1. The van der Waals surface area contributed by atoms with Crippen LogP contribution in [-0.2, 0) is 6.42 Å². The molecule has 4 heteroatoms. The van der Waals surface area contributed by atoms with Gasteiger partial charge in [-0.05, 0) is 38.0 Å². The van der Waals surface area contributed by atoms with Gasteiger partial charge in [-0.2, -0.15) is 0 Å². The number of allylic oxidation sites excluding steroid dienone is 1. The maximum absolute atomic E-state index is 13.6. The summed E-state index contributed by atoms with van der Waals surface area (Å²) in [5.41, 5.74) is 6.11. The normalized spacial score (nSPS) is 13.0. The Morgan fingerprint density at radius 1 is 1.35 bits per heavy atom. The molecule has 1 atom stereocenters. The molecule has 0 spiro atoms. The fourth-order valence-corrected chi connectivity index (χ4v) is 1.47. The van der Waals surface area contributed by atoms with Crippen LogP contribution >= 0.6 is 0 Å². The van der Waals surface area contributed by atoms with Crippen LogP contribution in [0, 0.1) is 11.6 Å². The number of benzene rings is 1. The van der Waals surface area contributed by atoms with Crippen molar-refractivity contribution in [1.29, 1.82) is 0 Å². The van der Waals surface area contributed by atoms with Gasteiger partial charge in [0.2, 0.25) is 0 Å². The topological polar surface area (TPSA) is 35.2 Å². The van der Waals surface area contributed by atoms with Crippen molar-refractivity contribution in [3.8, 4) is 5.75 Å². The Labute approximate surface area is 100 Å². The average molecular weight is 241 g/mol. The van der Waals surface area contributed by atoms with Crippen LogP contribution < -0.4 is 10.5 Å². The van der Waals surface area contributed by atoms with E-state index >= 15 is 0 Å². The van der Waals surface area contributed by atoms with Gasteiger partial charge in [-0.15, -0.1) is 0 Å². The maximum Gasteiger partial charge on any atom is 0.191 e. The van der Waals surface area contributed by atoms with Crippen LogP contribution in [0.3, 0.4) is 0 Å². The molecule has 0 aliphatic carbocycles. The monoisotopic (exact) mass is 241 g/mol. The lowest BCUT2D eigenvalue weighted by atomic mass is 10.1. The Hall–Kier alpha value is -1.42. The fraction of sp³-hybridized carbons (Fsp3) is 0.385. The SMILES string of the molecule is CC=CCOc1c(F)cc(CC(C)N)cc1F. The van der Waals surface area contributed by atoms with Gasteiger partial charge in [0.25, 0.3) is 0 Å². The summed E-state index contributed by atoms with van der Waals surface area (Å²) < 4.78 is 32.1. The van der Waals surface area contributed by atoms with E-state index in [1.165, 1.54) is 12.1 Å². The van der Waals surface area contributed by atoms with E-state index in [4.69, 9.17) is 10.5 Å². The molecule has 1 aromatic rings. The zero-order valence-corrected chi connectivity index (χ0v) is 10.0. The Morgan fingerprint density at radius 2 is 1.94 bits per heavy atom. The fourth-order valence-electron chi connectivity index (χ4n) is 1.47. The van der Waals surface area contributed by atoms with Crippen molar-refractivity contribution in [2.45, 2.75) is 26.3 Å². The number of ether oxygens (including phenoxy) is 1. The lowest BCUT2D eigenvalue weighted by Gasteiger charge is -2.10. The van der Waals surface area contributed by atoms with Crippen molar-refractivity contribution >= 4 is 0 Å². The van der Waals surface area contributed by atoms with Gasteiger partial charge in [0.05, 0.1) is 0 Å². The van der Waals surface area contributed by atoms with Crippen molar-refractivity contribution in [1.82, 2.24) is 0 Å². The van der Waals surface area contributed by atoms with Crippen molar-refractivity contribution < 1.29 is 13.5 Å². The van der Waals surface area contributed by atoms with Crippen molar-refractivity contribution in [3.63, 3.8) is 0 Å². The van der Waals surface area contributed by atoms with Crippen LogP contribution in [0.5, 0.6) is 5.75 Å². The van der Waals surface area contributed by atoms with Gasteiger partial charge in [-0.25, -0.2) is 8.78 Å². The van der Waals surface area contributed by atoms with Gasteiger partial charge in [-0.3, -0.25) is 0 Å². The van der Waals surface area contributed by atoms with E-state index in [-0.39, 0.29) is 18.4 Å². The van der Waals surface area contributed by atoms with E-state index in [9.17, 15) is 8.78 Å². The third-order valence-electron chi connectivity index (χ3n) is 2.18. The zero-order chi connectivity index (χ0) is 12.8. The van der Waals surface area contributed by atoms with E-state index in [0.29, 0.717) is 12.0 Å². The minimum Gasteiger partial charge on any atom is -0.483 e. The first-order valence-electron chi connectivity index (χ1n) is 5.52. The molecule has 17 heavy (non-hydrogen) atoms. The van der Waals surface area contributed by atoms with Crippen LogP contribution in [0.2, 0.25) is 0 Å². The summed E-state index contributed by atoms with van der Waals surface area (Å²) in [7, 11) is 0. The number of hydrogen-bond donors (Lipinski definition) is 1. The largest absolute Gasteiger partial charge is 0.483 e. The second-order valence-corrected chi connectivity index (χ2v) is 3.95. The lowest BCUT2D eigenvalue weighted by molar-refractivity contribution is 0.320. The molecule has 0 saturated heterocycles. The molecule has 0 radical (unpaired) electrons. The van der Waals surface area contributed by atoms with Crippen molar-refractivity contribution in [3.05, 3.63) is 41.5 Å². The molecule has 1 aromatic carbocycles. The third-order valence-corrected chi connectivity index (χ3v) is 2.18. The Morgan fingerprint density at radius 3 is 2.41 bits per heavy atom. The first-order chi connectivity index (χ1) is 8.04. The summed E-state index contributed by atoms with van der Waals surface area (Å²) in [6, 6.07) is 2.39. The number of rotatable bonds is 5. The summed E-state index contributed by atoms with van der Waals surface area (Å²) in [6.45, 7) is 3.74. The maximum atomic E-state index is 13.6. The smallest absolute Gasteiger partial charge is 0.191 e. The third kappa shape index (κ3) is 4.15. The summed E-state index contributed by atoms with van der Waals surface area (Å²) in [6.07, 6.45) is 3.86. The molecule has 0 heterocycles. The van der Waals surface area contributed by atoms with Crippen molar-refractivity contribution in [2.75, 3.05) is 6.61 Å². The van der Waals surface area contributed by atoms with Crippen LogP contribution in [0.1, 0.15) is 19.4 Å². The van der Waals surface area contributed by atoms with Gasteiger partial charge < -0.3 is 10.5 Å². The van der Waals surface area contributed by atoms with E-state index in [1.54, 1.807) is 19.1 Å². The Bertz CT molecular complexity index is 379. The average Bonchev–Trinajstić information content (AvgIpc) is 2.21. The first-order valence-corrected chi connectivity index (χ1v) is 5.52. The second-order valence-electron chi connectivity index (χ2n) is 3.95. The molecule has 0 bridgehead atoms. The molecule has 2 N–H and O–H groups in total. The van der Waals surface area contributed by atoms with Gasteiger partial charge >= 0.3 is 0 Å². The molecule has 0 saturated carbocycles. The second kappa shape index (κ2) is 6.35. The summed E-state index contributed by atoms with van der Waals surface area (Å²) in [5.74, 6) is -1.72. The predicted molar refractivity (Wildman–Crippen MR) is 64.0 cm³/mol. The highest BCUT2D eigenvalue weighted by Crippen LogP contribution is 2.23. The Balaban J connectivity index is 2.86. The van der Waals surface area contributed by atoms with Crippen LogP contribution in [0.25, 0.3) is 0 Å². The molecule has 1 unspecified atom stereocenters. The van der Waals surface area contributed by atoms with Crippen LogP contribution in [0.4, 0.5) is 8.78 Å². The quantitative estimate of drug-likeness (QED) is 0.804. The molecule has 1 rings (SSSR count). The van der Waals surface area contributed by atoms with Gasteiger partial charge in [0.1, 0.15) is 6.61 Å². The predicted octanol–water partition coefficient (Wildman–Crippen LogP) is 2.81. The summed E-state index contributed by atoms with van der Waals surface area (Å²) >= 11 is 0. The molecular formula is C13H17F2NO. The van der Waals surface area contributed by atoms with E-state index in [2.05, 4.69) is 0 Å². The van der Waals surface area contributed by atoms with E-state index in [1.807, 2.05) is 6.92 Å². The molecule has 0 aliphatic rings. The van der Waals surface area contributed by atoms with Crippen molar-refractivity contribution in [2.24, 2.45) is 5.73 Å². The minimum absolute atomic E-state index is 0.136. The van der Waals surface area contributed by atoms with Gasteiger partial charge in [0, 0.05) is 6.04 Å². The first kappa shape index (κ1) is 13.6. The van der Waals surface area contributed by atoms with Crippen LogP contribution in [-0.4, -0.2) is 12.6 Å². The summed E-state index contributed by atoms with van der Waals surface area (Å²) in [4.78, 5) is 0. The van der Waals surface area contributed by atoms with Crippen LogP contribution in [0.15, 0.2) is 24.3 Å². The lowest BCUT2D eigenvalue weighted by Crippen LogP contribution is -2.18. The number of hydrogen-bond acceptors (Lipinski definition) is 2. The summed E-state index contributed by atoms with van der Waals surface area (Å²) in [5, 5.41) is 0. The molecule has 94 valence electrons. The molecule has 2 nitrogen and oxygen atoms in total. The number of halogens is 2. The Kier molecular flexibility index (Phi) is 5.10. The molecule has 0 amide bonds.